The van der Waals surface area contributed by atoms with Crippen LogP contribution in [0.4, 0.5) is 4.39 Å². The molecular formula is C19H21FN2O3. The van der Waals surface area contributed by atoms with Crippen molar-refractivity contribution in [1.82, 2.24) is 10.9 Å². The molecular weight excluding hydrogens is 323 g/mol. The number of halogens is 1. The molecule has 0 aromatic heterocycles. The Labute approximate surface area is 146 Å². The van der Waals surface area contributed by atoms with Crippen LogP contribution in [-0.2, 0) is 0 Å². The normalized spacial score (nSPS) is 10.4. The minimum absolute atomic E-state index is 0.142. The van der Waals surface area contributed by atoms with E-state index < -0.39 is 17.6 Å². The first-order valence-corrected chi connectivity index (χ1v) is 8.05. The average Bonchev–Trinajstić information content (AvgIpc) is 2.60. The van der Waals surface area contributed by atoms with Crippen LogP contribution < -0.4 is 15.6 Å². The van der Waals surface area contributed by atoms with Crippen molar-refractivity contribution in [2.24, 2.45) is 5.92 Å². The number of rotatable bonds is 6. The van der Waals surface area contributed by atoms with Gasteiger partial charge in [-0.15, -0.1) is 0 Å². The van der Waals surface area contributed by atoms with Gasteiger partial charge in [0.25, 0.3) is 11.8 Å². The number of nitrogens with one attached hydrogen (secondary N) is 2. The summed E-state index contributed by atoms with van der Waals surface area (Å²) in [5, 5.41) is 0. The van der Waals surface area contributed by atoms with E-state index in [0.717, 1.165) is 6.42 Å². The first-order valence-electron chi connectivity index (χ1n) is 8.05. The molecule has 0 saturated heterocycles. The highest BCUT2D eigenvalue weighted by molar-refractivity contribution is 5.99. The van der Waals surface area contributed by atoms with Gasteiger partial charge < -0.3 is 4.74 Å². The Kier molecular flexibility index (Phi) is 6.51. The summed E-state index contributed by atoms with van der Waals surface area (Å²) in [5.41, 5.74) is 4.66. The smallest absolute Gasteiger partial charge is 0.272 e. The fraction of sp³-hybridized carbons (Fsp3) is 0.263. The third kappa shape index (κ3) is 5.60. The van der Waals surface area contributed by atoms with E-state index in [2.05, 4.69) is 24.7 Å². The second kappa shape index (κ2) is 8.82. The molecule has 2 amide bonds. The quantitative estimate of drug-likeness (QED) is 0.790. The van der Waals surface area contributed by atoms with E-state index in [1.807, 2.05) is 0 Å². The number of hydrazine groups is 1. The zero-order valence-electron chi connectivity index (χ0n) is 14.2. The molecule has 0 spiro atoms. The van der Waals surface area contributed by atoms with Crippen LogP contribution in [0.15, 0.2) is 48.5 Å². The number of carbonyl (C=O) groups is 2. The molecule has 0 heterocycles. The van der Waals surface area contributed by atoms with Gasteiger partial charge in [0, 0.05) is 5.56 Å². The third-order valence-corrected chi connectivity index (χ3v) is 3.49. The van der Waals surface area contributed by atoms with E-state index in [-0.39, 0.29) is 5.56 Å². The average molecular weight is 344 g/mol. The van der Waals surface area contributed by atoms with Crippen LogP contribution in [0.2, 0.25) is 0 Å². The summed E-state index contributed by atoms with van der Waals surface area (Å²) in [6.45, 7) is 4.85. The lowest BCUT2D eigenvalue weighted by molar-refractivity contribution is 0.0844. The van der Waals surface area contributed by atoms with Crippen LogP contribution in [-0.4, -0.2) is 18.4 Å². The number of hydrogen-bond acceptors (Lipinski definition) is 3. The van der Waals surface area contributed by atoms with Crippen molar-refractivity contribution in [3.63, 3.8) is 0 Å². The molecule has 0 fully saturated rings. The number of hydrogen-bond donors (Lipinski definition) is 2. The van der Waals surface area contributed by atoms with Gasteiger partial charge in [-0.3, -0.25) is 20.4 Å². The van der Waals surface area contributed by atoms with Crippen LogP contribution in [0.3, 0.4) is 0 Å². The van der Waals surface area contributed by atoms with Gasteiger partial charge >= 0.3 is 0 Å². The Balaban J connectivity index is 1.86. The van der Waals surface area contributed by atoms with Crippen molar-refractivity contribution in [3.8, 4) is 5.75 Å². The monoisotopic (exact) mass is 344 g/mol. The van der Waals surface area contributed by atoms with Crippen molar-refractivity contribution in [2.45, 2.75) is 20.3 Å². The predicted octanol–water partition coefficient (Wildman–Crippen LogP) is 3.33. The Morgan fingerprint density at radius 1 is 1.00 bits per heavy atom. The van der Waals surface area contributed by atoms with Crippen LogP contribution in [0.25, 0.3) is 0 Å². The van der Waals surface area contributed by atoms with Gasteiger partial charge in [0.05, 0.1) is 12.2 Å². The number of benzene rings is 2. The molecule has 0 unspecified atom stereocenters. The fourth-order valence-electron chi connectivity index (χ4n) is 2.01. The Morgan fingerprint density at radius 3 is 2.28 bits per heavy atom. The van der Waals surface area contributed by atoms with Gasteiger partial charge in [0.15, 0.2) is 0 Å². The Hall–Kier alpha value is -2.89. The Morgan fingerprint density at radius 2 is 1.64 bits per heavy atom. The van der Waals surface area contributed by atoms with Crippen molar-refractivity contribution in [3.05, 3.63) is 65.5 Å². The largest absolute Gasteiger partial charge is 0.494 e. The minimum Gasteiger partial charge on any atom is -0.494 e. The zero-order valence-corrected chi connectivity index (χ0v) is 14.2. The zero-order chi connectivity index (χ0) is 18.2. The van der Waals surface area contributed by atoms with E-state index in [1.165, 1.54) is 24.3 Å². The SMILES string of the molecule is CC(C)CCOc1ccc(C(=O)NNC(=O)c2ccccc2F)cc1. The summed E-state index contributed by atoms with van der Waals surface area (Å²) < 4.78 is 19.1. The highest BCUT2D eigenvalue weighted by atomic mass is 19.1. The van der Waals surface area contributed by atoms with Gasteiger partial charge in [-0.25, -0.2) is 4.39 Å². The van der Waals surface area contributed by atoms with Crippen molar-refractivity contribution in [2.75, 3.05) is 6.61 Å². The first-order chi connectivity index (χ1) is 12.0. The summed E-state index contributed by atoms with van der Waals surface area (Å²) in [6, 6.07) is 12.1. The number of amides is 2. The van der Waals surface area contributed by atoms with Crippen LogP contribution >= 0.6 is 0 Å². The van der Waals surface area contributed by atoms with Crippen molar-refractivity contribution in [1.29, 1.82) is 0 Å². The topological polar surface area (TPSA) is 67.4 Å². The van der Waals surface area contributed by atoms with E-state index in [0.29, 0.717) is 23.8 Å². The molecule has 6 heteroatoms. The summed E-state index contributed by atoms with van der Waals surface area (Å²) >= 11 is 0. The molecule has 0 radical (unpaired) electrons. The van der Waals surface area contributed by atoms with Crippen LogP contribution in [0.1, 0.15) is 41.0 Å². The molecule has 132 valence electrons. The molecule has 2 N–H and O–H groups in total. The lowest BCUT2D eigenvalue weighted by atomic mass is 10.1. The first kappa shape index (κ1) is 18.4. The predicted molar refractivity (Wildman–Crippen MR) is 92.7 cm³/mol. The molecule has 0 aliphatic rings. The highest BCUT2D eigenvalue weighted by Gasteiger charge is 2.12. The Bertz CT molecular complexity index is 730. The molecule has 25 heavy (non-hydrogen) atoms. The maximum Gasteiger partial charge on any atom is 0.272 e. The second-order valence-electron chi connectivity index (χ2n) is 5.94. The van der Waals surface area contributed by atoms with Crippen LogP contribution in [0.5, 0.6) is 5.75 Å². The van der Waals surface area contributed by atoms with Gasteiger partial charge in [0.2, 0.25) is 0 Å². The van der Waals surface area contributed by atoms with Crippen LogP contribution in [0, 0.1) is 11.7 Å². The summed E-state index contributed by atoms with van der Waals surface area (Å²) in [7, 11) is 0. The summed E-state index contributed by atoms with van der Waals surface area (Å²) in [5.74, 6) is -0.647. The summed E-state index contributed by atoms with van der Waals surface area (Å²) in [4.78, 5) is 23.9. The molecule has 2 rings (SSSR count). The van der Waals surface area contributed by atoms with Gasteiger partial charge in [-0.05, 0) is 48.7 Å². The number of carbonyl (C=O) groups excluding carboxylic acids is 2. The fourth-order valence-corrected chi connectivity index (χ4v) is 2.01. The van der Waals surface area contributed by atoms with Crippen molar-refractivity contribution < 1.29 is 18.7 Å². The second-order valence-corrected chi connectivity index (χ2v) is 5.94. The lowest BCUT2D eigenvalue weighted by Crippen LogP contribution is -2.41. The van der Waals surface area contributed by atoms with E-state index in [1.54, 1.807) is 24.3 Å². The van der Waals surface area contributed by atoms with Crippen molar-refractivity contribution >= 4 is 11.8 Å². The molecule has 0 saturated carbocycles. The maximum atomic E-state index is 13.5. The lowest BCUT2D eigenvalue weighted by Gasteiger charge is -2.10. The minimum atomic E-state index is -0.722. The molecule has 2 aromatic carbocycles. The third-order valence-electron chi connectivity index (χ3n) is 3.49. The summed E-state index contributed by atoms with van der Waals surface area (Å²) in [6.07, 6.45) is 0.949. The molecule has 5 nitrogen and oxygen atoms in total. The molecule has 0 aliphatic heterocycles. The molecule has 2 aromatic rings. The van der Waals surface area contributed by atoms with E-state index >= 15 is 0 Å². The molecule has 0 atom stereocenters. The van der Waals surface area contributed by atoms with Gasteiger partial charge in [-0.1, -0.05) is 26.0 Å². The molecule has 0 bridgehead atoms. The van der Waals surface area contributed by atoms with Gasteiger partial charge in [-0.2, -0.15) is 0 Å². The number of ether oxygens (including phenoxy) is 1. The maximum absolute atomic E-state index is 13.5. The van der Waals surface area contributed by atoms with E-state index in [4.69, 9.17) is 4.74 Å². The van der Waals surface area contributed by atoms with Gasteiger partial charge in [0.1, 0.15) is 11.6 Å². The standard InChI is InChI=1S/C19H21FN2O3/c1-13(2)11-12-25-15-9-7-14(8-10-15)18(23)21-22-19(24)16-5-3-4-6-17(16)20/h3-10,13H,11-12H2,1-2H3,(H,21,23)(H,22,24). The molecule has 0 aliphatic carbocycles. The van der Waals surface area contributed by atoms with E-state index in [9.17, 15) is 14.0 Å². The highest BCUT2D eigenvalue weighted by Crippen LogP contribution is 2.13.